The van der Waals surface area contributed by atoms with Crippen LogP contribution < -0.4 is 5.32 Å². The molecule has 1 unspecified atom stereocenters. The predicted molar refractivity (Wildman–Crippen MR) is 152 cm³/mol. The summed E-state index contributed by atoms with van der Waals surface area (Å²) in [4.78, 5) is 54.3. The van der Waals surface area contributed by atoms with Crippen LogP contribution in [0.3, 0.4) is 0 Å². The van der Waals surface area contributed by atoms with Gasteiger partial charge in [-0.1, -0.05) is 108 Å². The average Bonchev–Trinajstić information content (AvgIpc) is 2.92. The maximum absolute atomic E-state index is 13.0. The van der Waals surface area contributed by atoms with Gasteiger partial charge in [0.1, 0.15) is 6.04 Å². The van der Waals surface area contributed by atoms with Gasteiger partial charge in [0.2, 0.25) is 11.8 Å². The normalized spacial score (nSPS) is 15.8. The molecule has 0 aliphatic carbocycles. The first-order valence-electron chi connectivity index (χ1n) is 14.9. The lowest BCUT2D eigenvalue weighted by Crippen LogP contribution is -2.56. The second kappa shape index (κ2) is 18.7. The van der Waals surface area contributed by atoms with Gasteiger partial charge in [-0.15, -0.1) is 0 Å². The van der Waals surface area contributed by atoms with Crippen LogP contribution in [0.1, 0.15) is 114 Å². The largest absolute Gasteiger partial charge is 0.343 e. The van der Waals surface area contributed by atoms with Crippen molar-refractivity contribution in [2.24, 2.45) is 0 Å². The zero-order valence-electron chi connectivity index (χ0n) is 23.7. The summed E-state index contributed by atoms with van der Waals surface area (Å²) in [6.07, 6.45) is 14.9. The minimum atomic E-state index is -0.770. The molecule has 2 rings (SSSR count). The molecule has 1 fully saturated rings. The fourth-order valence-corrected chi connectivity index (χ4v) is 4.94. The van der Waals surface area contributed by atoms with E-state index in [1.165, 1.54) is 64.2 Å². The fraction of sp³-hybridized carbons (Fsp3) is 0.677. The van der Waals surface area contributed by atoms with Crippen molar-refractivity contribution in [1.82, 2.24) is 15.1 Å². The lowest BCUT2D eigenvalue weighted by molar-refractivity contribution is -0.150. The van der Waals surface area contributed by atoms with Crippen LogP contribution >= 0.6 is 0 Å². The number of nitrogens with zero attached hydrogens (tertiary/aromatic N) is 2. The maximum atomic E-state index is 13.0. The Morgan fingerprint density at radius 3 is 1.97 bits per heavy atom. The molecule has 1 aliphatic rings. The van der Waals surface area contributed by atoms with Crippen molar-refractivity contribution in [2.75, 3.05) is 26.2 Å². The van der Waals surface area contributed by atoms with Crippen LogP contribution in [0.5, 0.6) is 0 Å². The molecule has 0 spiro atoms. The van der Waals surface area contributed by atoms with Crippen molar-refractivity contribution in [3.8, 4) is 0 Å². The number of carbonyl (C=O) groups is 4. The number of nitrogens with one attached hydrogen (secondary N) is 1. The van der Waals surface area contributed by atoms with Crippen molar-refractivity contribution in [3.05, 3.63) is 35.9 Å². The zero-order chi connectivity index (χ0) is 27.6. The SMILES string of the molecule is CCCCCCCCN(CCCCCCCC)CC(=O)NC1CCC(=O)N(CC(=O)c2ccccc2)C1=O. The molecule has 7 heteroatoms. The van der Waals surface area contributed by atoms with E-state index in [1.54, 1.807) is 24.3 Å². The van der Waals surface area contributed by atoms with Gasteiger partial charge >= 0.3 is 0 Å². The molecule has 7 nitrogen and oxygen atoms in total. The highest BCUT2D eigenvalue weighted by atomic mass is 16.2. The van der Waals surface area contributed by atoms with Crippen LogP contribution in [0, 0.1) is 0 Å². The number of piperidine rings is 1. The Kier molecular flexibility index (Phi) is 15.6. The van der Waals surface area contributed by atoms with E-state index in [0.29, 0.717) is 5.56 Å². The summed E-state index contributed by atoms with van der Waals surface area (Å²) < 4.78 is 0. The number of hydrogen-bond donors (Lipinski definition) is 1. The van der Waals surface area contributed by atoms with Crippen molar-refractivity contribution >= 4 is 23.5 Å². The molecule has 3 amide bonds. The topological polar surface area (TPSA) is 86.8 Å². The number of likely N-dealkylation sites (tertiary alicyclic amines) is 1. The number of imide groups is 1. The first-order valence-corrected chi connectivity index (χ1v) is 14.9. The van der Waals surface area contributed by atoms with E-state index >= 15 is 0 Å². The van der Waals surface area contributed by atoms with Gasteiger partial charge in [0, 0.05) is 12.0 Å². The lowest BCUT2D eigenvalue weighted by atomic mass is 10.0. The molecule has 0 radical (unpaired) electrons. The standard InChI is InChI=1S/C31H49N3O4/c1-3-5-7-9-11-16-22-33(23-17-12-10-8-6-4-2)25-29(36)32-27-20-21-30(37)34(31(27)38)24-28(35)26-18-14-13-15-19-26/h13-15,18-19,27H,3-12,16-17,20-25H2,1-2H3,(H,32,36). The highest BCUT2D eigenvalue weighted by molar-refractivity contribution is 6.07. The lowest BCUT2D eigenvalue weighted by Gasteiger charge is -2.31. The van der Waals surface area contributed by atoms with E-state index in [-0.39, 0.29) is 43.5 Å². The molecule has 0 bridgehead atoms. The van der Waals surface area contributed by atoms with Crippen LogP contribution in [-0.4, -0.2) is 65.5 Å². The molecule has 1 saturated heterocycles. The van der Waals surface area contributed by atoms with Crippen molar-refractivity contribution in [2.45, 2.75) is 110 Å². The Morgan fingerprint density at radius 2 is 1.39 bits per heavy atom. The number of benzene rings is 1. The summed E-state index contributed by atoms with van der Waals surface area (Å²) in [6, 6.07) is 7.87. The van der Waals surface area contributed by atoms with Gasteiger partial charge in [0.15, 0.2) is 5.78 Å². The molecule has 1 atom stereocenters. The van der Waals surface area contributed by atoms with Gasteiger partial charge in [0.25, 0.3) is 5.91 Å². The van der Waals surface area contributed by atoms with Crippen molar-refractivity contribution in [1.29, 1.82) is 0 Å². The van der Waals surface area contributed by atoms with Crippen molar-refractivity contribution in [3.63, 3.8) is 0 Å². The first-order chi connectivity index (χ1) is 18.5. The number of hydrogen-bond acceptors (Lipinski definition) is 5. The number of unbranched alkanes of at least 4 members (excludes halogenated alkanes) is 10. The van der Waals surface area contributed by atoms with Gasteiger partial charge in [-0.05, 0) is 32.4 Å². The smallest absolute Gasteiger partial charge is 0.252 e. The molecule has 1 aromatic rings. The molecule has 0 aromatic heterocycles. The second-order valence-corrected chi connectivity index (χ2v) is 10.6. The summed E-state index contributed by atoms with van der Waals surface area (Å²) in [7, 11) is 0. The molecular formula is C31H49N3O4. The zero-order valence-corrected chi connectivity index (χ0v) is 23.7. The summed E-state index contributed by atoms with van der Waals surface area (Å²) in [5.41, 5.74) is 0.458. The average molecular weight is 528 g/mol. The third kappa shape index (κ3) is 11.9. The molecule has 0 saturated carbocycles. The second-order valence-electron chi connectivity index (χ2n) is 10.6. The highest BCUT2D eigenvalue weighted by Crippen LogP contribution is 2.15. The summed E-state index contributed by atoms with van der Waals surface area (Å²) >= 11 is 0. The molecule has 38 heavy (non-hydrogen) atoms. The third-order valence-corrected chi connectivity index (χ3v) is 7.27. The minimum absolute atomic E-state index is 0.137. The van der Waals surface area contributed by atoms with E-state index < -0.39 is 11.9 Å². The Balaban J connectivity index is 1.87. The first kappa shape index (κ1) is 31.7. The van der Waals surface area contributed by atoms with Gasteiger partial charge in [0.05, 0.1) is 13.1 Å². The number of carbonyl (C=O) groups excluding carboxylic acids is 4. The molecular weight excluding hydrogens is 478 g/mol. The number of ketones is 1. The Hall–Kier alpha value is -2.54. The third-order valence-electron chi connectivity index (χ3n) is 7.27. The molecule has 1 heterocycles. The summed E-state index contributed by atoms with van der Waals surface area (Å²) in [5.74, 6) is -1.33. The Labute approximate surface area is 229 Å². The number of amides is 3. The van der Waals surface area contributed by atoms with E-state index in [1.807, 2.05) is 6.07 Å². The van der Waals surface area contributed by atoms with E-state index in [0.717, 1.165) is 30.8 Å². The van der Waals surface area contributed by atoms with Gasteiger partial charge < -0.3 is 5.32 Å². The predicted octanol–water partition coefficient (Wildman–Crippen LogP) is 5.53. The van der Waals surface area contributed by atoms with E-state index in [2.05, 4.69) is 24.1 Å². The number of rotatable bonds is 20. The number of Topliss-reactive ketones (excluding diaryl/α,β-unsaturated/α-hetero) is 1. The van der Waals surface area contributed by atoms with Gasteiger partial charge in [-0.2, -0.15) is 0 Å². The van der Waals surface area contributed by atoms with Crippen LogP contribution in [0.2, 0.25) is 0 Å². The van der Waals surface area contributed by atoms with Crippen LogP contribution in [-0.2, 0) is 14.4 Å². The molecule has 212 valence electrons. The maximum Gasteiger partial charge on any atom is 0.252 e. The quantitative estimate of drug-likeness (QED) is 0.137. The fourth-order valence-electron chi connectivity index (χ4n) is 4.94. The molecule has 1 aliphatic heterocycles. The van der Waals surface area contributed by atoms with Gasteiger partial charge in [-0.3, -0.25) is 29.0 Å². The van der Waals surface area contributed by atoms with E-state index in [9.17, 15) is 19.2 Å². The summed E-state index contributed by atoms with van der Waals surface area (Å²) in [6.45, 7) is 6.15. The van der Waals surface area contributed by atoms with E-state index in [4.69, 9.17) is 0 Å². The highest BCUT2D eigenvalue weighted by Gasteiger charge is 2.36. The van der Waals surface area contributed by atoms with Gasteiger partial charge in [-0.25, -0.2) is 0 Å². The van der Waals surface area contributed by atoms with Crippen LogP contribution in [0.4, 0.5) is 0 Å². The minimum Gasteiger partial charge on any atom is -0.343 e. The van der Waals surface area contributed by atoms with Crippen LogP contribution in [0.15, 0.2) is 30.3 Å². The van der Waals surface area contributed by atoms with Crippen LogP contribution in [0.25, 0.3) is 0 Å². The Morgan fingerprint density at radius 1 is 0.842 bits per heavy atom. The monoisotopic (exact) mass is 527 g/mol. The molecule has 1 N–H and O–H groups in total. The Bertz CT molecular complexity index is 842. The molecule has 1 aromatic carbocycles. The summed E-state index contributed by atoms with van der Waals surface area (Å²) in [5, 5.41) is 2.86. The van der Waals surface area contributed by atoms with Crippen molar-refractivity contribution < 1.29 is 19.2 Å².